The highest BCUT2D eigenvalue weighted by Gasteiger charge is 2.25. The molecule has 0 saturated heterocycles. The Hall–Kier alpha value is -1.56. The number of carbonyl (C=O) groups is 1. The maximum absolute atomic E-state index is 11.8. The van der Waals surface area contributed by atoms with Crippen molar-refractivity contribution in [1.29, 1.82) is 0 Å². The van der Waals surface area contributed by atoms with Gasteiger partial charge in [0.15, 0.2) is 0 Å². The van der Waals surface area contributed by atoms with Crippen LogP contribution in [0.25, 0.3) is 0 Å². The van der Waals surface area contributed by atoms with E-state index in [9.17, 15) is 18.0 Å². The van der Waals surface area contributed by atoms with E-state index in [0.29, 0.717) is 12.1 Å². The lowest BCUT2D eigenvalue weighted by molar-refractivity contribution is -0.133. The van der Waals surface area contributed by atoms with Crippen LogP contribution < -0.4 is 11.1 Å². The molecular weight excluding hydrogens is 233 g/mol. The van der Waals surface area contributed by atoms with Gasteiger partial charge in [-0.15, -0.1) is 0 Å². The molecule has 94 valence electrons. The Morgan fingerprint density at radius 3 is 2.29 bits per heavy atom. The van der Waals surface area contributed by atoms with Crippen molar-refractivity contribution in [3.63, 3.8) is 0 Å². The van der Waals surface area contributed by atoms with E-state index < -0.39 is 18.5 Å². The van der Waals surface area contributed by atoms with E-state index in [2.05, 4.69) is 5.32 Å². The predicted octanol–water partition coefficient (Wildman–Crippen LogP) is 1.83. The Morgan fingerprint density at radius 1 is 1.24 bits per heavy atom. The van der Waals surface area contributed by atoms with Gasteiger partial charge in [-0.1, -0.05) is 12.1 Å². The van der Waals surface area contributed by atoms with E-state index in [1.54, 1.807) is 24.3 Å². The SMILES string of the molecule is NC(=O)c1ccc(CNCCC(F)(F)F)cc1. The van der Waals surface area contributed by atoms with Gasteiger partial charge < -0.3 is 11.1 Å². The Kier molecular flexibility index (Phi) is 4.51. The molecule has 0 saturated carbocycles. The number of hydrogen-bond acceptors (Lipinski definition) is 2. The second-order valence-corrected chi connectivity index (χ2v) is 3.60. The van der Waals surface area contributed by atoms with Gasteiger partial charge in [0, 0.05) is 18.7 Å². The van der Waals surface area contributed by atoms with Crippen molar-refractivity contribution in [2.24, 2.45) is 5.73 Å². The third-order valence-corrected chi connectivity index (χ3v) is 2.15. The molecule has 0 aromatic heterocycles. The highest BCUT2D eigenvalue weighted by molar-refractivity contribution is 5.92. The third kappa shape index (κ3) is 5.35. The summed E-state index contributed by atoms with van der Waals surface area (Å²) in [6.07, 6.45) is -4.99. The lowest BCUT2D eigenvalue weighted by atomic mass is 10.1. The molecule has 0 atom stereocenters. The fraction of sp³-hybridized carbons (Fsp3) is 0.364. The molecule has 3 N–H and O–H groups in total. The molecule has 0 radical (unpaired) electrons. The first kappa shape index (κ1) is 13.5. The number of rotatable bonds is 5. The van der Waals surface area contributed by atoms with Gasteiger partial charge in [0.25, 0.3) is 0 Å². The van der Waals surface area contributed by atoms with E-state index in [1.165, 1.54) is 0 Å². The molecule has 17 heavy (non-hydrogen) atoms. The maximum Gasteiger partial charge on any atom is 0.390 e. The summed E-state index contributed by atoms with van der Waals surface area (Å²) >= 11 is 0. The monoisotopic (exact) mass is 246 g/mol. The molecule has 1 aromatic rings. The minimum absolute atomic E-state index is 0.124. The van der Waals surface area contributed by atoms with Gasteiger partial charge in [0.05, 0.1) is 6.42 Å². The summed E-state index contributed by atoms with van der Waals surface area (Å²) in [5.41, 5.74) is 6.24. The third-order valence-electron chi connectivity index (χ3n) is 2.15. The summed E-state index contributed by atoms with van der Waals surface area (Å²) in [7, 11) is 0. The first-order chi connectivity index (χ1) is 7.88. The molecule has 0 fully saturated rings. The van der Waals surface area contributed by atoms with Gasteiger partial charge in [-0.2, -0.15) is 13.2 Å². The van der Waals surface area contributed by atoms with Crippen molar-refractivity contribution in [2.75, 3.05) is 6.54 Å². The highest BCUT2D eigenvalue weighted by Crippen LogP contribution is 2.18. The fourth-order valence-electron chi connectivity index (χ4n) is 1.25. The Morgan fingerprint density at radius 2 is 1.82 bits per heavy atom. The average molecular weight is 246 g/mol. The molecule has 6 heteroatoms. The topological polar surface area (TPSA) is 55.1 Å². The normalized spacial score (nSPS) is 11.5. The van der Waals surface area contributed by atoms with Crippen molar-refractivity contribution in [2.45, 2.75) is 19.1 Å². The zero-order valence-electron chi connectivity index (χ0n) is 9.05. The minimum atomic E-state index is -4.14. The lowest BCUT2D eigenvalue weighted by Crippen LogP contribution is -2.21. The minimum Gasteiger partial charge on any atom is -0.366 e. The van der Waals surface area contributed by atoms with Crippen LogP contribution >= 0.6 is 0 Å². The second kappa shape index (κ2) is 5.67. The molecular formula is C11H13F3N2O. The Labute approximate surface area is 96.8 Å². The largest absolute Gasteiger partial charge is 0.390 e. The number of alkyl halides is 3. The second-order valence-electron chi connectivity index (χ2n) is 3.60. The summed E-state index contributed by atoms with van der Waals surface area (Å²) in [5.74, 6) is -0.526. The van der Waals surface area contributed by atoms with Gasteiger partial charge in [0.1, 0.15) is 0 Å². The van der Waals surface area contributed by atoms with E-state index in [1.807, 2.05) is 0 Å². The Balaban J connectivity index is 2.35. The molecule has 0 aliphatic heterocycles. The molecule has 0 aliphatic carbocycles. The number of amides is 1. The quantitative estimate of drug-likeness (QED) is 0.779. The molecule has 1 aromatic carbocycles. The molecule has 1 amide bonds. The number of benzene rings is 1. The van der Waals surface area contributed by atoms with Crippen molar-refractivity contribution in [3.05, 3.63) is 35.4 Å². The summed E-state index contributed by atoms with van der Waals surface area (Å²) in [6.45, 7) is 0.205. The molecule has 0 aliphatic rings. The number of halogens is 3. The van der Waals surface area contributed by atoms with Gasteiger partial charge in [-0.05, 0) is 17.7 Å². The first-order valence-electron chi connectivity index (χ1n) is 5.05. The van der Waals surface area contributed by atoms with Crippen molar-refractivity contribution < 1.29 is 18.0 Å². The van der Waals surface area contributed by atoms with Crippen LogP contribution in [0.3, 0.4) is 0 Å². The van der Waals surface area contributed by atoms with Crippen LogP contribution in [-0.4, -0.2) is 18.6 Å². The zero-order chi connectivity index (χ0) is 12.9. The van der Waals surface area contributed by atoms with Crippen LogP contribution in [0, 0.1) is 0 Å². The lowest BCUT2D eigenvalue weighted by Gasteiger charge is -2.07. The summed E-state index contributed by atoms with van der Waals surface area (Å²) < 4.78 is 35.5. The van der Waals surface area contributed by atoms with E-state index >= 15 is 0 Å². The Bertz CT molecular complexity index is 373. The summed E-state index contributed by atoms with van der Waals surface area (Å²) in [4.78, 5) is 10.8. The van der Waals surface area contributed by atoms with Crippen LogP contribution in [0.1, 0.15) is 22.3 Å². The molecule has 0 unspecified atom stereocenters. The van der Waals surface area contributed by atoms with Gasteiger partial charge >= 0.3 is 6.18 Å². The molecule has 1 rings (SSSR count). The van der Waals surface area contributed by atoms with Crippen molar-refractivity contribution >= 4 is 5.91 Å². The van der Waals surface area contributed by atoms with Gasteiger partial charge in [-0.3, -0.25) is 4.79 Å². The first-order valence-corrected chi connectivity index (χ1v) is 5.05. The smallest absolute Gasteiger partial charge is 0.366 e. The molecule has 3 nitrogen and oxygen atoms in total. The van der Waals surface area contributed by atoms with Crippen LogP contribution in [0.15, 0.2) is 24.3 Å². The van der Waals surface area contributed by atoms with Gasteiger partial charge in [0.2, 0.25) is 5.91 Å². The van der Waals surface area contributed by atoms with Crippen LogP contribution in [0.5, 0.6) is 0 Å². The number of primary amides is 1. The maximum atomic E-state index is 11.8. The fourth-order valence-corrected chi connectivity index (χ4v) is 1.25. The molecule has 0 spiro atoms. The van der Waals surface area contributed by atoms with E-state index in [4.69, 9.17) is 5.73 Å². The molecule has 0 heterocycles. The van der Waals surface area contributed by atoms with Crippen LogP contribution in [0.4, 0.5) is 13.2 Å². The summed E-state index contributed by atoms with van der Waals surface area (Å²) in [5, 5.41) is 2.67. The number of hydrogen-bond donors (Lipinski definition) is 2. The highest BCUT2D eigenvalue weighted by atomic mass is 19.4. The standard InChI is InChI=1S/C11H13F3N2O/c12-11(13,14)5-6-16-7-8-1-3-9(4-2-8)10(15)17/h1-4,16H,5-7H2,(H2,15,17). The zero-order valence-corrected chi connectivity index (χ0v) is 9.05. The van der Waals surface area contributed by atoms with E-state index in [-0.39, 0.29) is 6.54 Å². The number of nitrogens with two attached hydrogens (primary N) is 1. The van der Waals surface area contributed by atoms with Crippen molar-refractivity contribution in [3.8, 4) is 0 Å². The van der Waals surface area contributed by atoms with Gasteiger partial charge in [-0.25, -0.2) is 0 Å². The predicted molar refractivity (Wildman–Crippen MR) is 57.3 cm³/mol. The van der Waals surface area contributed by atoms with Crippen LogP contribution in [0.2, 0.25) is 0 Å². The number of nitrogens with one attached hydrogen (secondary N) is 1. The molecule has 0 bridgehead atoms. The van der Waals surface area contributed by atoms with E-state index in [0.717, 1.165) is 5.56 Å². The van der Waals surface area contributed by atoms with Crippen LogP contribution in [-0.2, 0) is 6.54 Å². The average Bonchev–Trinajstić information content (AvgIpc) is 2.24. The summed E-state index contributed by atoms with van der Waals surface area (Å²) in [6, 6.07) is 6.40. The number of carbonyl (C=O) groups excluding carboxylic acids is 1. The van der Waals surface area contributed by atoms with Crippen molar-refractivity contribution in [1.82, 2.24) is 5.32 Å².